The molecule has 1 N–H and O–H groups in total. The van der Waals surface area contributed by atoms with Crippen LogP contribution in [0.3, 0.4) is 0 Å². The Morgan fingerprint density at radius 3 is 3.08 bits per heavy atom. The third-order valence-electron chi connectivity index (χ3n) is 1.71. The van der Waals surface area contributed by atoms with Crippen molar-refractivity contribution in [2.75, 3.05) is 0 Å². The maximum atomic E-state index is 3.26. The summed E-state index contributed by atoms with van der Waals surface area (Å²) in [5.74, 6) is 0. The number of hydrogen-bond acceptors (Lipinski definition) is 0. The Bertz CT molecular complexity index is 296. The van der Waals surface area contributed by atoms with Crippen molar-refractivity contribution in [1.29, 1.82) is 0 Å². The number of rotatable bonds is 2. The van der Waals surface area contributed by atoms with Crippen LogP contribution < -0.4 is 4.29 Å². The van der Waals surface area contributed by atoms with Crippen molar-refractivity contribution in [2.45, 2.75) is 12.8 Å². The zero-order chi connectivity index (χ0) is 8.23. The molecule has 2 rings (SSSR count). The van der Waals surface area contributed by atoms with Crippen LogP contribution in [0.15, 0.2) is 40.7 Å². The number of H-pyrrole nitrogens is 1. The van der Waals surface area contributed by atoms with Crippen molar-refractivity contribution < 1.29 is 17.1 Å². The summed E-state index contributed by atoms with van der Waals surface area (Å²) in [5.41, 5.74) is 0. The van der Waals surface area contributed by atoms with E-state index in [0.29, 0.717) is 0 Å². The van der Waals surface area contributed by atoms with Crippen molar-refractivity contribution in [3.05, 3.63) is 40.7 Å². The summed E-state index contributed by atoms with van der Waals surface area (Å²) >= 11 is 0.276. The fourth-order valence-electron chi connectivity index (χ4n) is 1.12. The Labute approximate surface area is 80.2 Å². The molecule has 0 unspecified atom stereocenters. The van der Waals surface area contributed by atoms with E-state index in [9.17, 15) is 0 Å². The predicted octanol–water partition coefficient (Wildman–Crippen LogP) is 1.96. The van der Waals surface area contributed by atoms with Crippen molar-refractivity contribution in [3.8, 4) is 0 Å². The number of nitrogens with one attached hydrogen (secondary N) is 1. The minimum atomic E-state index is 0.276. The van der Waals surface area contributed by atoms with Crippen LogP contribution in [-0.4, -0.2) is 4.98 Å². The molecule has 1 aromatic heterocycles. The average Bonchev–Trinajstić information content (AvgIpc) is 2.59. The van der Waals surface area contributed by atoms with Gasteiger partial charge in [0.15, 0.2) is 0 Å². The fourth-order valence-corrected chi connectivity index (χ4v) is 3.09. The summed E-state index contributed by atoms with van der Waals surface area (Å²) in [4.78, 5) is 3.26. The second kappa shape index (κ2) is 3.86. The molecule has 0 aromatic carbocycles. The summed E-state index contributed by atoms with van der Waals surface area (Å²) < 4.78 is 3.02. The maximum absolute atomic E-state index is 3.26. The van der Waals surface area contributed by atoms with Gasteiger partial charge in [0.1, 0.15) is 0 Å². The monoisotopic (exact) mass is 247 g/mol. The molecular weight excluding hydrogens is 235 g/mol. The molecule has 0 saturated heterocycles. The summed E-state index contributed by atoms with van der Waals surface area (Å²) in [5, 5.41) is 0. The van der Waals surface area contributed by atoms with Crippen LogP contribution in [-0.2, 0) is 17.1 Å². The van der Waals surface area contributed by atoms with E-state index in [1.165, 1.54) is 17.1 Å². The van der Waals surface area contributed by atoms with Gasteiger partial charge in [0.25, 0.3) is 0 Å². The van der Waals surface area contributed by atoms with E-state index in [4.69, 9.17) is 0 Å². The SMILES string of the molecule is C1=CCC[C]([Ru][c]2ccc[nH]2)=C1. The van der Waals surface area contributed by atoms with E-state index in [1.807, 2.05) is 6.20 Å². The molecule has 0 radical (unpaired) electrons. The van der Waals surface area contributed by atoms with Crippen LogP contribution in [0.5, 0.6) is 0 Å². The van der Waals surface area contributed by atoms with Gasteiger partial charge in [-0.2, -0.15) is 0 Å². The van der Waals surface area contributed by atoms with Gasteiger partial charge in [0.2, 0.25) is 0 Å². The predicted molar refractivity (Wildman–Crippen MR) is 46.9 cm³/mol. The van der Waals surface area contributed by atoms with Gasteiger partial charge in [0, 0.05) is 0 Å². The zero-order valence-corrected chi connectivity index (χ0v) is 8.47. The van der Waals surface area contributed by atoms with Gasteiger partial charge in [-0.1, -0.05) is 0 Å². The molecule has 0 saturated carbocycles. The minimum absolute atomic E-state index is 0.276. The van der Waals surface area contributed by atoms with Crippen LogP contribution >= 0.6 is 0 Å². The Morgan fingerprint density at radius 2 is 2.42 bits per heavy atom. The van der Waals surface area contributed by atoms with Crippen LogP contribution in [0.4, 0.5) is 0 Å². The number of allylic oxidation sites excluding steroid dienone is 4. The van der Waals surface area contributed by atoms with Gasteiger partial charge >= 0.3 is 80.0 Å². The van der Waals surface area contributed by atoms with Gasteiger partial charge in [-0.3, -0.25) is 0 Å². The quantitative estimate of drug-likeness (QED) is 0.768. The van der Waals surface area contributed by atoms with Crippen molar-refractivity contribution >= 4 is 4.29 Å². The molecule has 2 heteroatoms. The number of hydrogen-bond donors (Lipinski definition) is 1. The first kappa shape index (κ1) is 8.00. The molecule has 12 heavy (non-hydrogen) atoms. The van der Waals surface area contributed by atoms with Crippen LogP contribution in [0.1, 0.15) is 12.8 Å². The van der Waals surface area contributed by atoms with Crippen molar-refractivity contribution in [1.82, 2.24) is 4.98 Å². The molecule has 1 aromatic rings. The first-order valence-corrected chi connectivity index (χ1v) is 5.80. The molecule has 0 amide bonds. The van der Waals surface area contributed by atoms with Crippen molar-refractivity contribution in [3.63, 3.8) is 0 Å². The molecule has 0 spiro atoms. The standard InChI is InChI=1S/C6H7.C4H4N.Ru/c1-2-4-6-5-3-1;1-2-4-5-3-1;/h1-3H,4,6H2;1-3,5H;. The molecule has 0 aliphatic heterocycles. The molecule has 1 aliphatic carbocycles. The average molecular weight is 246 g/mol. The van der Waals surface area contributed by atoms with Gasteiger partial charge in [0.05, 0.1) is 0 Å². The van der Waals surface area contributed by atoms with Gasteiger partial charge in [-0.15, -0.1) is 0 Å². The van der Waals surface area contributed by atoms with Gasteiger partial charge < -0.3 is 0 Å². The van der Waals surface area contributed by atoms with E-state index in [0.717, 1.165) is 0 Å². The summed E-state index contributed by atoms with van der Waals surface area (Å²) in [6.45, 7) is 0. The second-order valence-corrected chi connectivity index (χ2v) is 5.15. The van der Waals surface area contributed by atoms with Crippen molar-refractivity contribution in [2.24, 2.45) is 0 Å². The summed E-state index contributed by atoms with van der Waals surface area (Å²) in [6.07, 6.45) is 11.2. The van der Waals surface area contributed by atoms with E-state index in [2.05, 4.69) is 35.3 Å². The molecule has 1 aliphatic rings. The molecule has 0 bridgehead atoms. The molecule has 0 fully saturated rings. The fraction of sp³-hybridized carbons (Fsp3) is 0.200. The first-order chi connectivity index (χ1) is 5.95. The van der Waals surface area contributed by atoms with Crippen LogP contribution in [0.2, 0.25) is 0 Å². The van der Waals surface area contributed by atoms with E-state index >= 15 is 0 Å². The Kier molecular flexibility index (Phi) is 2.58. The Hall–Kier alpha value is -0.617. The Balaban J connectivity index is 2.03. The normalized spacial score (nSPS) is 16.5. The molecule has 0 atom stereocenters. The molecule has 1 nitrogen and oxygen atoms in total. The zero-order valence-electron chi connectivity index (χ0n) is 6.73. The van der Waals surface area contributed by atoms with Crippen LogP contribution in [0.25, 0.3) is 0 Å². The third kappa shape index (κ3) is 1.95. The van der Waals surface area contributed by atoms with E-state index < -0.39 is 0 Å². The molecule has 1 heterocycles. The second-order valence-electron chi connectivity index (χ2n) is 2.66. The van der Waals surface area contributed by atoms with Gasteiger partial charge in [-0.05, 0) is 0 Å². The van der Waals surface area contributed by atoms with E-state index in [-0.39, 0.29) is 17.1 Å². The summed E-state index contributed by atoms with van der Waals surface area (Å²) in [7, 11) is 0. The van der Waals surface area contributed by atoms with E-state index in [1.54, 1.807) is 4.17 Å². The number of aromatic amines is 1. The Morgan fingerprint density at radius 1 is 1.42 bits per heavy atom. The topological polar surface area (TPSA) is 15.8 Å². The third-order valence-corrected chi connectivity index (χ3v) is 4.01. The summed E-state index contributed by atoms with van der Waals surface area (Å²) in [6, 6.07) is 4.25. The first-order valence-electron chi connectivity index (χ1n) is 4.06. The number of aromatic nitrogens is 1. The van der Waals surface area contributed by atoms with Gasteiger partial charge in [-0.25, -0.2) is 0 Å². The molecule has 64 valence electrons. The molecular formula is C10H11NRu. The van der Waals surface area contributed by atoms with Crippen LogP contribution in [0, 0.1) is 0 Å².